The van der Waals surface area contributed by atoms with Gasteiger partial charge in [0.2, 0.25) is 0 Å². The lowest BCUT2D eigenvalue weighted by Gasteiger charge is -2.11. The van der Waals surface area contributed by atoms with Gasteiger partial charge in [0.25, 0.3) is 0 Å². The van der Waals surface area contributed by atoms with Gasteiger partial charge in [-0.3, -0.25) is 0 Å². The summed E-state index contributed by atoms with van der Waals surface area (Å²) in [5.74, 6) is 2.24. The van der Waals surface area contributed by atoms with E-state index >= 15 is 0 Å². The molecule has 0 saturated heterocycles. The molecule has 2 nitrogen and oxygen atoms in total. The molecule has 0 bridgehead atoms. The average Bonchev–Trinajstić information content (AvgIpc) is 2.81. The van der Waals surface area contributed by atoms with E-state index in [1.807, 2.05) is 11.8 Å². The molecule has 1 aromatic rings. The Labute approximate surface area is 108 Å². The summed E-state index contributed by atoms with van der Waals surface area (Å²) in [4.78, 5) is 0. The monoisotopic (exact) mass is 251 g/mol. The topological polar surface area (TPSA) is 35.2 Å². The minimum Gasteiger partial charge on any atom is -0.493 e. The molecule has 2 rings (SSSR count). The van der Waals surface area contributed by atoms with Crippen LogP contribution in [0.15, 0.2) is 18.2 Å². The van der Waals surface area contributed by atoms with E-state index in [1.54, 1.807) is 0 Å². The van der Waals surface area contributed by atoms with Crippen LogP contribution in [0.5, 0.6) is 5.75 Å². The van der Waals surface area contributed by atoms with Crippen molar-refractivity contribution in [3.8, 4) is 5.75 Å². The number of rotatable bonds is 6. The van der Waals surface area contributed by atoms with Gasteiger partial charge in [0.05, 0.1) is 6.61 Å². The highest BCUT2D eigenvalue weighted by Gasteiger charge is 2.12. The molecular formula is C14H21NOS. The molecule has 0 fully saturated rings. The number of hydrogen-bond donors (Lipinski definition) is 1. The van der Waals surface area contributed by atoms with E-state index in [-0.39, 0.29) is 0 Å². The molecule has 1 atom stereocenters. The van der Waals surface area contributed by atoms with Crippen LogP contribution in [0, 0.1) is 0 Å². The summed E-state index contributed by atoms with van der Waals surface area (Å²) in [6.07, 6.45) is 6.48. The second-order valence-corrected chi connectivity index (χ2v) is 5.61. The minimum atomic E-state index is 0.340. The molecular weight excluding hydrogens is 230 g/mol. The summed E-state index contributed by atoms with van der Waals surface area (Å²) in [5, 5.41) is 0. The van der Waals surface area contributed by atoms with E-state index in [0.717, 1.165) is 38.0 Å². The van der Waals surface area contributed by atoms with Crippen molar-refractivity contribution in [2.24, 2.45) is 5.73 Å². The third kappa shape index (κ3) is 3.65. The van der Waals surface area contributed by atoms with Crippen LogP contribution in [0.4, 0.5) is 0 Å². The molecule has 0 spiro atoms. The van der Waals surface area contributed by atoms with Crippen LogP contribution in [0.25, 0.3) is 0 Å². The van der Waals surface area contributed by atoms with E-state index in [4.69, 9.17) is 10.5 Å². The van der Waals surface area contributed by atoms with Gasteiger partial charge >= 0.3 is 0 Å². The van der Waals surface area contributed by atoms with Crippen LogP contribution >= 0.6 is 11.8 Å². The molecule has 1 unspecified atom stereocenters. The smallest absolute Gasteiger partial charge is 0.122 e. The SMILES string of the molecule is CSCCC(N)CCc1ccc2c(c1)CCO2. The molecule has 2 N–H and O–H groups in total. The fourth-order valence-corrected chi connectivity index (χ4v) is 2.70. The average molecular weight is 251 g/mol. The third-order valence-corrected chi connectivity index (χ3v) is 3.89. The number of benzene rings is 1. The molecule has 0 aliphatic carbocycles. The highest BCUT2D eigenvalue weighted by molar-refractivity contribution is 7.98. The standard InChI is InChI=1S/C14H21NOS/c1-17-9-7-13(15)4-2-11-3-5-14-12(10-11)6-8-16-14/h3,5,10,13H,2,4,6-9,15H2,1H3. The Morgan fingerprint density at radius 3 is 3.12 bits per heavy atom. The molecule has 0 saturated carbocycles. The van der Waals surface area contributed by atoms with Gasteiger partial charge in [0, 0.05) is 12.5 Å². The maximum absolute atomic E-state index is 6.08. The molecule has 94 valence electrons. The largest absolute Gasteiger partial charge is 0.493 e. The van der Waals surface area contributed by atoms with E-state index in [1.165, 1.54) is 16.9 Å². The van der Waals surface area contributed by atoms with Crippen LogP contribution in [0.1, 0.15) is 24.0 Å². The maximum Gasteiger partial charge on any atom is 0.122 e. The summed E-state index contributed by atoms with van der Waals surface area (Å²) in [5.41, 5.74) is 8.84. The van der Waals surface area contributed by atoms with Gasteiger partial charge in [-0.1, -0.05) is 12.1 Å². The molecule has 3 heteroatoms. The predicted octanol–water partition coefficient (Wildman–Crippen LogP) is 2.63. The summed E-state index contributed by atoms with van der Waals surface area (Å²) in [7, 11) is 0. The lowest BCUT2D eigenvalue weighted by Crippen LogP contribution is -2.21. The van der Waals surface area contributed by atoms with E-state index in [9.17, 15) is 0 Å². The molecule has 0 aromatic heterocycles. The number of thioether (sulfide) groups is 1. The van der Waals surface area contributed by atoms with Crippen LogP contribution < -0.4 is 10.5 Å². The Bertz CT molecular complexity index is 367. The normalized spacial score (nSPS) is 15.4. The zero-order chi connectivity index (χ0) is 12.1. The molecule has 17 heavy (non-hydrogen) atoms. The van der Waals surface area contributed by atoms with Gasteiger partial charge in [-0.25, -0.2) is 0 Å². The van der Waals surface area contributed by atoms with E-state index < -0.39 is 0 Å². The van der Waals surface area contributed by atoms with Gasteiger partial charge in [0.15, 0.2) is 0 Å². The Morgan fingerprint density at radius 2 is 2.29 bits per heavy atom. The van der Waals surface area contributed by atoms with E-state index in [2.05, 4.69) is 24.5 Å². The van der Waals surface area contributed by atoms with Gasteiger partial charge in [-0.05, 0) is 48.5 Å². The van der Waals surface area contributed by atoms with E-state index in [0.29, 0.717) is 6.04 Å². The highest BCUT2D eigenvalue weighted by atomic mass is 32.2. The van der Waals surface area contributed by atoms with Gasteiger partial charge in [-0.15, -0.1) is 0 Å². The number of nitrogens with two attached hydrogens (primary N) is 1. The van der Waals surface area contributed by atoms with Crippen LogP contribution in [0.2, 0.25) is 0 Å². The molecule has 1 aromatic carbocycles. The maximum atomic E-state index is 6.08. The quantitative estimate of drug-likeness (QED) is 0.844. The zero-order valence-corrected chi connectivity index (χ0v) is 11.3. The van der Waals surface area contributed by atoms with Crippen LogP contribution in [-0.4, -0.2) is 24.7 Å². The minimum absolute atomic E-state index is 0.340. The van der Waals surface area contributed by atoms with Gasteiger partial charge in [-0.2, -0.15) is 11.8 Å². The van der Waals surface area contributed by atoms with Crippen molar-refractivity contribution in [2.45, 2.75) is 31.7 Å². The van der Waals surface area contributed by atoms with Crippen molar-refractivity contribution in [3.05, 3.63) is 29.3 Å². The fraction of sp³-hybridized carbons (Fsp3) is 0.571. The lowest BCUT2D eigenvalue weighted by molar-refractivity contribution is 0.357. The second kappa shape index (κ2) is 6.31. The fourth-order valence-electron chi connectivity index (χ4n) is 2.16. The van der Waals surface area contributed by atoms with Crippen molar-refractivity contribution in [1.29, 1.82) is 0 Å². The Kier molecular flexibility index (Phi) is 4.75. The molecule has 0 radical (unpaired) electrons. The Balaban J connectivity index is 1.83. The second-order valence-electron chi connectivity index (χ2n) is 4.62. The molecule has 1 heterocycles. The predicted molar refractivity (Wildman–Crippen MR) is 74.9 cm³/mol. The number of ether oxygens (including phenoxy) is 1. The first-order valence-electron chi connectivity index (χ1n) is 6.28. The summed E-state index contributed by atoms with van der Waals surface area (Å²) in [6.45, 7) is 0.839. The summed E-state index contributed by atoms with van der Waals surface area (Å²) >= 11 is 1.87. The highest BCUT2D eigenvalue weighted by Crippen LogP contribution is 2.26. The van der Waals surface area contributed by atoms with Gasteiger partial charge in [0.1, 0.15) is 5.75 Å². The van der Waals surface area contributed by atoms with Crippen molar-refractivity contribution < 1.29 is 4.74 Å². The Morgan fingerprint density at radius 1 is 1.41 bits per heavy atom. The van der Waals surface area contributed by atoms with Crippen molar-refractivity contribution in [1.82, 2.24) is 0 Å². The van der Waals surface area contributed by atoms with Crippen LogP contribution in [-0.2, 0) is 12.8 Å². The third-order valence-electron chi connectivity index (χ3n) is 3.25. The summed E-state index contributed by atoms with van der Waals surface area (Å²) < 4.78 is 5.50. The summed E-state index contributed by atoms with van der Waals surface area (Å²) in [6, 6.07) is 6.90. The number of fused-ring (bicyclic) bond motifs is 1. The molecule has 1 aliphatic rings. The van der Waals surface area contributed by atoms with Crippen molar-refractivity contribution >= 4 is 11.8 Å². The van der Waals surface area contributed by atoms with Gasteiger partial charge < -0.3 is 10.5 Å². The number of hydrogen-bond acceptors (Lipinski definition) is 3. The molecule has 0 amide bonds. The van der Waals surface area contributed by atoms with Crippen LogP contribution in [0.3, 0.4) is 0 Å². The zero-order valence-electron chi connectivity index (χ0n) is 10.4. The first-order chi connectivity index (χ1) is 8.29. The molecule has 1 aliphatic heterocycles. The number of aryl methyl sites for hydroxylation is 1. The van der Waals surface area contributed by atoms with Crippen molar-refractivity contribution in [2.75, 3.05) is 18.6 Å². The Hall–Kier alpha value is -0.670. The first-order valence-corrected chi connectivity index (χ1v) is 7.68. The van der Waals surface area contributed by atoms with Crippen molar-refractivity contribution in [3.63, 3.8) is 0 Å². The lowest BCUT2D eigenvalue weighted by atomic mass is 10.0. The first kappa shape index (κ1) is 12.8.